The fraction of sp³-hybridized carbons (Fsp3) is 0.357. The highest BCUT2D eigenvalue weighted by Crippen LogP contribution is 2.26. The lowest BCUT2D eigenvalue weighted by Crippen LogP contribution is -2.44. The summed E-state index contributed by atoms with van der Waals surface area (Å²) in [6, 6.07) is 0.0601. The van der Waals surface area contributed by atoms with E-state index in [1.54, 1.807) is 0 Å². The van der Waals surface area contributed by atoms with Crippen molar-refractivity contribution >= 4 is 41.0 Å². The summed E-state index contributed by atoms with van der Waals surface area (Å²) in [4.78, 5) is 15.0. The summed E-state index contributed by atoms with van der Waals surface area (Å²) in [5.41, 5.74) is 2.94. The second-order valence-corrected chi connectivity index (χ2v) is 6.22. The molecule has 114 valence electrons. The standard InChI is InChI=1S/C14H15N5OS2/c1-3-19-6-10(4-11-7-21-17-15-11)14(20)13(9(19)2)5-12-8-22-18-16-12/h4-5,7-9H,3,6H2,1-2H3/b10-4+,13-5+/t9-/m0/s1. The van der Waals surface area contributed by atoms with Gasteiger partial charge in [-0.25, -0.2) is 0 Å². The lowest BCUT2D eigenvalue weighted by Gasteiger charge is -2.35. The Bertz CT molecular complexity index is 706. The molecule has 0 aromatic carbocycles. The molecule has 6 nitrogen and oxygen atoms in total. The van der Waals surface area contributed by atoms with Crippen molar-refractivity contribution in [1.29, 1.82) is 0 Å². The van der Waals surface area contributed by atoms with E-state index in [9.17, 15) is 4.79 Å². The number of likely N-dealkylation sites (N-methyl/N-ethyl adjacent to an activating group) is 1. The number of ketones is 1. The maximum Gasteiger partial charge on any atom is 0.188 e. The molecule has 8 heteroatoms. The number of hydrogen-bond acceptors (Lipinski definition) is 8. The van der Waals surface area contributed by atoms with E-state index in [1.807, 2.05) is 29.8 Å². The van der Waals surface area contributed by atoms with Crippen molar-refractivity contribution < 1.29 is 4.79 Å². The third kappa shape index (κ3) is 3.03. The number of aromatic nitrogens is 4. The van der Waals surface area contributed by atoms with Crippen LogP contribution in [0.3, 0.4) is 0 Å². The minimum absolute atomic E-state index is 0.0539. The van der Waals surface area contributed by atoms with Gasteiger partial charge in [0.15, 0.2) is 5.78 Å². The molecule has 0 saturated carbocycles. The minimum Gasteiger partial charge on any atom is -0.292 e. The van der Waals surface area contributed by atoms with Crippen molar-refractivity contribution in [3.05, 3.63) is 33.3 Å². The highest BCUT2D eigenvalue weighted by atomic mass is 32.1. The first-order valence-electron chi connectivity index (χ1n) is 6.94. The number of piperidine rings is 1. The van der Waals surface area contributed by atoms with Gasteiger partial charge in [0.25, 0.3) is 0 Å². The number of likely N-dealkylation sites (tertiary alicyclic amines) is 1. The molecule has 0 radical (unpaired) electrons. The first-order chi connectivity index (χ1) is 10.7. The molecule has 0 unspecified atom stereocenters. The quantitative estimate of drug-likeness (QED) is 0.802. The Morgan fingerprint density at radius 3 is 2.41 bits per heavy atom. The second-order valence-electron chi connectivity index (χ2n) is 5.00. The average molecular weight is 333 g/mol. The number of carbonyl (C=O) groups is 1. The molecule has 2 aromatic heterocycles. The van der Waals surface area contributed by atoms with Gasteiger partial charge in [0.1, 0.15) is 0 Å². The summed E-state index contributed by atoms with van der Waals surface area (Å²) in [6.07, 6.45) is 3.67. The molecule has 1 saturated heterocycles. The van der Waals surface area contributed by atoms with E-state index >= 15 is 0 Å². The summed E-state index contributed by atoms with van der Waals surface area (Å²) in [5, 5.41) is 11.7. The molecule has 22 heavy (non-hydrogen) atoms. The number of Topliss-reactive ketones (excluding diaryl/α,β-unsaturated/α-hetero) is 1. The summed E-state index contributed by atoms with van der Waals surface area (Å²) in [6.45, 7) is 5.64. The molecule has 0 N–H and O–H groups in total. The minimum atomic E-state index is 0.0539. The van der Waals surface area contributed by atoms with E-state index in [0.29, 0.717) is 6.54 Å². The van der Waals surface area contributed by atoms with Gasteiger partial charge < -0.3 is 0 Å². The number of rotatable bonds is 3. The van der Waals surface area contributed by atoms with Gasteiger partial charge in [0.2, 0.25) is 0 Å². The van der Waals surface area contributed by atoms with E-state index in [2.05, 4.69) is 31.0 Å². The highest BCUT2D eigenvalue weighted by Gasteiger charge is 2.31. The van der Waals surface area contributed by atoms with Crippen LogP contribution in [0.15, 0.2) is 21.9 Å². The third-order valence-corrected chi connectivity index (χ3v) is 4.76. The van der Waals surface area contributed by atoms with Gasteiger partial charge in [-0.1, -0.05) is 15.9 Å². The van der Waals surface area contributed by atoms with Crippen LogP contribution in [-0.2, 0) is 4.79 Å². The van der Waals surface area contributed by atoms with Gasteiger partial charge in [0.05, 0.1) is 11.4 Å². The zero-order valence-corrected chi connectivity index (χ0v) is 13.9. The Morgan fingerprint density at radius 2 is 1.86 bits per heavy atom. The van der Waals surface area contributed by atoms with Crippen molar-refractivity contribution in [2.75, 3.05) is 13.1 Å². The topological polar surface area (TPSA) is 71.9 Å². The van der Waals surface area contributed by atoms with Crippen LogP contribution in [0.5, 0.6) is 0 Å². The van der Waals surface area contributed by atoms with E-state index in [0.717, 1.165) is 29.1 Å². The number of carbonyl (C=O) groups excluding carboxylic acids is 1. The molecule has 1 aliphatic rings. The first-order valence-corrected chi connectivity index (χ1v) is 8.61. The van der Waals surface area contributed by atoms with Crippen LogP contribution in [-0.4, -0.2) is 49.0 Å². The summed E-state index contributed by atoms with van der Waals surface area (Å²) in [5.74, 6) is 0.0539. The van der Waals surface area contributed by atoms with Crippen molar-refractivity contribution in [2.45, 2.75) is 19.9 Å². The molecule has 0 amide bonds. The predicted molar refractivity (Wildman–Crippen MR) is 87.5 cm³/mol. The Morgan fingerprint density at radius 1 is 1.23 bits per heavy atom. The Kier molecular flexibility index (Phi) is 4.51. The molecule has 3 heterocycles. The molecule has 0 aliphatic carbocycles. The molecule has 0 spiro atoms. The largest absolute Gasteiger partial charge is 0.292 e. The van der Waals surface area contributed by atoms with Gasteiger partial charge >= 0.3 is 0 Å². The lowest BCUT2D eigenvalue weighted by atomic mass is 9.90. The van der Waals surface area contributed by atoms with Crippen LogP contribution in [0.2, 0.25) is 0 Å². The van der Waals surface area contributed by atoms with E-state index in [1.165, 1.54) is 23.1 Å². The maximum atomic E-state index is 12.8. The van der Waals surface area contributed by atoms with Crippen molar-refractivity contribution in [3.63, 3.8) is 0 Å². The Hall–Kier alpha value is -1.77. The summed E-state index contributed by atoms with van der Waals surface area (Å²) < 4.78 is 7.68. The van der Waals surface area contributed by atoms with Crippen LogP contribution >= 0.6 is 23.1 Å². The van der Waals surface area contributed by atoms with Gasteiger partial charge in [0, 0.05) is 34.5 Å². The average Bonchev–Trinajstić information content (AvgIpc) is 3.20. The molecule has 0 bridgehead atoms. The number of hydrogen-bond donors (Lipinski definition) is 0. The first kappa shape index (κ1) is 15.1. The fourth-order valence-electron chi connectivity index (χ4n) is 2.49. The normalized spacial score (nSPS) is 23.5. The van der Waals surface area contributed by atoms with E-state index < -0.39 is 0 Å². The van der Waals surface area contributed by atoms with E-state index in [4.69, 9.17) is 0 Å². The van der Waals surface area contributed by atoms with Gasteiger partial charge in [-0.3, -0.25) is 9.69 Å². The summed E-state index contributed by atoms with van der Waals surface area (Å²) in [7, 11) is 0. The molecular weight excluding hydrogens is 318 g/mol. The second kappa shape index (κ2) is 6.55. The monoisotopic (exact) mass is 333 g/mol. The molecule has 3 rings (SSSR count). The summed E-state index contributed by atoms with van der Waals surface area (Å²) >= 11 is 2.56. The zero-order chi connectivity index (χ0) is 15.5. The van der Waals surface area contributed by atoms with Crippen LogP contribution < -0.4 is 0 Å². The SMILES string of the molecule is CCN1C/C(=C\c2csnn2)C(=O)/C(=C/c2csnn2)[C@@H]1C. The van der Waals surface area contributed by atoms with Crippen molar-refractivity contribution in [2.24, 2.45) is 0 Å². The zero-order valence-electron chi connectivity index (χ0n) is 12.3. The Balaban J connectivity index is 1.99. The van der Waals surface area contributed by atoms with Crippen LogP contribution in [0.4, 0.5) is 0 Å². The fourth-order valence-corrected chi connectivity index (χ4v) is 3.31. The molecule has 1 fully saturated rings. The molecule has 1 aliphatic heterocycles. The highest BCUT2D eigenvalue weighted by molar-refractivity contribution is 7.03. The predicted octanol–water partition coefficient (Wildman–Crippen LogP) is 2.15. The van der Waals surface area contributed by atoms with Crippen LogP contribution in [0, 0.1) is 0 Å². The van der Waals surface area contributed by atoms with Gasteiger partial charge in [-0.05, 0) is 48.7 Å². The molecular formula is C14H15N5OS2. The van der Waals surface area contributed by atoms with E-state index in [-0.39, 0.29) is 11.8 Å². The van der Waals surface area contributed by atoms with Gasteiger partial charge in [-0.15, -0.1) is 10.2 Å². The van der Waals surface area contributed by atoms with Crippen molar-refractivity contribution in [3.8, 4) is 0 Å². The van der Waals surface area contributed by atoms with Gasteiger partial charge in [-0.2, -0.15) is 0 Å². The van der Waals surface area contributed by atoms with Crippen LogP contribution in [0.1, 0.15) is 25.2 Å². The molecule has 1 atom stereocenters. The third-order valence-electron chi connectivity index (χ3n) is 3.71. The number of nitrogens with zero attached hydrogens (tertiary/aromatic N) is 5. The Labute approximate surface area is 136 Å². The molecule has 2 aromatic rings. The smallest absolute Gasteiger partial charge is 0.188 e. The maximum absolute atomic E-state index is 12.8. The van der Waals surface area contributed by atoms with Crippen molar-refractivity contribution in [1.82, 2.24) is 24.1 Å². The van der Waals surface area contributed by atoms with Crippen LogP contribution in [0.25, 0.3) is 12.2 Å². The lowest BCUT2D eigenvalue weighted by molar-refractivity contribution is -0.114.